The first kappa shape index (κ1) is 27.3. The summed E-state index contributed by atoms with van der Waals surface area (Å²) in [5.41, 5.74) is 12.6. The van der Waals surface area contributed by atoms with E-state index in [0.29, 0.717) is 19.1 Å². The molecule has 1 atom stereocenters. The lowest BCUT2D eigenvalue weighted by atomic mass is 9.98. The molecule has 39 heavy (non-hydrogen) atoms. The number of likely N-dealkylation sites (N-methyl/N-ethyl adjacent to an activating group) is 1. The number of carbonyl (C=O) groups is 2. The fraction of sp³-hybridized carbons (Fsp3) is 0.548. The molecular formula is C31H43N5O3. The molecule has 1 aliphatic heterocycles. The molecule has 210 valence electrons. The maximum Gasteiger partial charge on any atom is 0.414 e. The maximum atomic E-state index is 13.3. The van der Waals surface area contributed by atoms with Crippen molar-refractivity contribution in [3.63, 3.8) is 0 Å². The lowest BCUT2D eigenvalue weighted by molar-refractivity contribution is -0.120. The highest BCUT2D eigenvalue weighted by Gasteiger charge is 2.41. The molecule has 1 aromatic carbocycles. The zero-order valence-corrected chi connectivity index (χ0v) is 23.8. The van der Waals surface area contributed by atoms with Crippen LogP contribution in [0.15, 0.2) is 48.3 Å². The van der Waals surface area contributed by atoms with Gasteiger partial charge in [-0.05, 0) is 83.4 Å². The number of hydrogen-bond donors (Lipinski definition) is 2. The fourth-order valence-corrected chi connectivity index (χ4v) is 5.42. The van der Waals surface area contributed by atoms with E-state index in [1.165, 1.54) is 12.8 Å². The summed E-state index contributed by atoms with van der Waals surface area (Å²) in [6.45, 7) is 11.0. The van der Waals surface area contributed by atoms with Gasteiger partial charge in [0, 0.05) is 42.5 Å². The van der Waals surface area contributed by atoms with E-state index in [2.05, 4.69) is 47.6 Å². The Bertz CT molecular complexity index is 1180. The molecule has 2 saturated carbocycles. The molecule has 0 saturated heterocycles. The lowest BCUT2D eigenvalue weighted by Gasteiger charge is -2.41. The Morgan fingerprint density at radius 3 is 2.64 bits per heavy atom. The van der Waals surface area contributed by atoms with Gasteiger partial charge in [0.2, 0.25) is 5.91 Å². The molecule has 3 aliphatic carbocycles. The Kier molecular flexibility index (Phi) is 8.03. The van der Waals surface area contributed by atoms with Crippen LogP contribution in [0.25, 0.3) is 5.57 Å². The van der Waals surface area contributed by atoms with Crippen LogP contribution >= 0.6 is 0 Å². The summed E-state index contributed by atoms with van der Waals surface area (Å²) in [7, 11) is 2.11. The normalized spacial score (nSPS) is 21.0. The number of anilines is 2. The van der Waals surface area contributed by atoms with E-state index in [-0.39, 0.29) is 30.1 Å². The van der Waals surface area contributed by atoms with Gasteiger partial charge in [0.05, 0.1) is 30.1 Å². The third kappa shape index (κ3) is 6.16. The van der Waals surface area contributed by atoms with Crippen molar-refractivity contribution in [2.75, 3.05) is 29.9 Å². The van der Waals surface area contributed by atoms with Crippen molar-refractivity contribution in [1.82, 2.24) is 15.8 Å². The minimum absolute atomic E-state index is 0.0947. The molecule has 0 unspecified atom stereocenters. The highest BCUT2D eigenvalue weighted by Crippen LogP contribution is 2.42. The molecule has 5 rings (SSSR count). The number of benzene rings is 1. The van der Waals surface area contributed by atoms with Gasteiger partial charge >= 0.3 is 6.09 Å². The van der Waals surface area contributed by atoms with E-state index >= 15 is 0 Å². The molecule has 2 fully saturated rings. The number of fused-ring (bicyclic) bond motifs is 1. The number of allylic oxidation sites excluding steroid dienone is 4. The third-order valence-electron chi connectivity index (χ3n) is 7.98. The monoisotopic (exact) mass is 533 g/mol. The molecule has 0 bridgehead atoms. The van der Waals surface area contributed by atoms with Crippen molar-refractivity contribution in [2.24, 2.45) is 5.92 Å². The molecule has 2 amide bonds. The standard InChI is InChI=1S/C31H43N5O3/c1-20(2)39-31(38)35-19-22(4)36(30(37)23-11-12-23)28-16-13-24(17-29(28)35)26-9-7-6-8-10-27(26)33-32-18-21(3)34(5)25-14-15-25/h7,9,13,16-17,20,22-23,25,32-33H,3,6,8,10-12,14-15,18-19H2,1-2,4-5H3/t22-/m0/s1. The van der Waals surface area contributed by atoms with Crippen LogP contribution in [0.3, 0.4) is 0 Å². The number of ether oxygens (including phenoxy) is 1. The lowest BCUT2D eigenvalue weighted by Crippen LogP contribution is -2.52. The summed E-state index contributed by atoms with van der Waals surface area (Å²) in [4.78, 5) is 32.3. The first-order valence-electron chi connectivity index (χ1n) is 14.5. The minimum atomic E-state index is -0.377. The smallest absolute Gasteiger partial charge is 0.414 e. The average Bonchev–Trinajstić information content (AvgIpc) is 3.79. The van der Waals surface area contributed by atoms with Gasteiger partial charge in [0.15, 0.2) is 0 Å². The molecule has 0 aromatic heterocycles. The molecule has 8 nitrogen and oxygen atoms in total. The summed E-state index contributed by atoms with van der Waals surface area (Å²) in [6.07, 6.45) is 11.1. The van der Waals surface area contributed by atoms with Crippen LogP contribution < -0.4 is 20.7 Å². The number of nitrogens with one attached hydrogen (secondary N) is 2. The van der Waals surface area contributed by atoms with Crippen LogP contribution in [0.5, 0.6) is 0 Å². The van der Waals surface area contributed by atoms with Gasteiger partial charge in [-0.25, -0.2) is 10.2 Å². The average molecular weight is 534 g/mol. The fourth-order valence-electron chi connectivity index (χ4n) is 5.42. The first-order valence-corrected chi connectivity index (χ1v) is 14.5. The second-order valence-electron chi connectivity index (χ2n) is 11.7. The second-order valence-corrected chi connectivity index (χ2v) is 11.7. The van der Waals surface area contributed by atoms with Gasteiger partial charge < -0.3 is 20.0 Å². The van der Waals surface area contributed by atoms with Crippen molar-refractivity contribution >= 4 is 28.9 Å². The molecule has 4 aliphatic rings. The van der Waals surface area contributed by atoms with E-state index in [1.807, 2.05) is 37.8 Å². The molecule has 1 heterocycles. The summed E-state index contributed by atoms with van der Waals surface area (Å²) < 4.78 is 5.62. The summed E-state index contributed by atoms with van der Waals surface area (Å²) >= 11 is 0. The number of amides is 2. The summed E-state index contributed by atoms with van der Waals surface area (Å²) in [5, 5.41) is 0. The number of carbonyl (C=O) groups excluding carboxylic acids is 2. The highest BCUT2D eigenvalue weighted by atomic mass is 16.6. The van der Waals surface area contributed by atoms with Crippen molar-refractivity contribution in [1.29, 1.82) is 0 Å². The van der Waals surface area contributed by atoms with Gasteiger partial charge in [-0.2, -0.15) is 0 Å². The predicted octanol–water partition coefficient (Wildman–Crippen LogP) is 5.34. The van der Waals surface area contributed by atoms with Gasteiger partial charge in [0.25, 0.3) is 0 Å². The third-order valence-corrected chi connectivity index (χ3v) is 7.98. The van der Waals surface area contributed by atoms with E-state index in [9.17, 15) is 9.59 Å². The van der Waals surface area contributed by atoms with Gasteiger partial charge in [-0.1, -0.05) is 24.8 Å². The summed E-state index contributed by atoms with van der Waals surface area (Å²) in [5.74, 6) is 0.252. The Hall–Kier alpha value is -3.26. The van der Waals surface area contributed by atoms with Crippen molar-refractivity contribution in [3.8, 4) is 0 Å². The van der Waals surface area contributed by atoms with Crippen LogP contribution in [0, 0.1) is 5.92 Å². The maximum absolute atomic E-state index is 13.3. The van der Waals surface area contributed by atoms with E-state index in [4.69, 9.17) is 4.74 Å². The highest BCUT2D eigenvalue weighted by molar-refractivity contribution is 6.05. The summed E-state index contributed by atoms with van der Waals surface area (Å²) in [6, 6.07) is 6.62. The van der Waals surface area contributed by atoms with Crippen LogP contribution in [0.1, 0.15) is 71.3 Å². The first-order chi connectivity index (χ1) is 18.7. The number of hydrogen-bond acceptors (Lipinski definition) is 6. The minimum Gasteiger partial charge on any atom is -0.446 e. The quantitative estimate of drug-likeness (QED) is 0.418. The Morgan fingerprint density at radius 2 is 1.95 bits per heavy atom. The molecule has 2 N–H and O–H groups in total. The number of rotatable bonds is 9. The predicted molar refractivity (Wildman–Crippen MR) is 156 cm³/mol. The Labute approximate surface area is 232 Å². The molecule has 1 aromatic rings. The molecule has 0 spiro atoms. The Morgan fingerprint density at radius 1 is 1.18 bits per heavy atom. The van der Waals surface area contributed by atoms with Crippen molar-refractivity contribution in [3.05, 3.63) is 53.9 Å². The number of nitrogens with zero attached hydrogens (tertiary/aromatic N) is 3. The van der Waals surface area contributed by atoms with Crippen LogP contribution in [-0.2, 0) is 9.53 Å². The van der Waals surface area contributed by atoms with Crippen LogP contribution in [0.4, 0.5) is 16.2 Å². The molecule has 0 radical (unpaired) electrons. The van der Waals surface area contributed by atoms with Gasteiger partial charge in [-0.3, -0.25) is 9.69 Å². The molecular weight excluding hydrogens is 490 g/mol. The molecule has 8 heteroatoms. The zero-order valence-electron chi connectivity index (χ0n) is 23.8. The van der Waals surface area contributed by atoms with E-state index in [1.54, 1.807) is 4.90 Å². The van der Waals surface area contributed by atoms with Gasteiger partial charge in [-0.15, -0.1) is 0 Å². The zero-order chi connectivity index (χ0) is 27.7. The topological polar surface area (TPSA) is 77.1 Å². The Balaban J connectivity index is 1.45. The second kappa shape index (κ2) is 11.5. The number of hydrazine groups is 1. The van der Waals surface area contributed by atoms with E-state index in [0.717, 1.165) is 66.0 Å². The van der Waals surface area contributed by atoms with E-state index < -0.39 is 0 Å². The van der Waals surface area contributed by atoms with Crippen molar-refractivity contribution < 1.29 is 14.3 Å². The van der Waals surface area contributed by atoms with Gasteiger partial charge in [0.1, 0.15) is 0 Å². The van der Waals surface area contributed by atoms with Crippen LogP contribution in [0.2, 0.25) is 0 Å². The van der Waals surface area contributed by atoms with Crippen LogP contribution in [-0.4, -0.2) is 55.2 Å². The van der Waals surface area contributed by atoms with Crippen molar-refractivity contribution in [2.45, 2.75) is 83.9 Å². The largest absolute Gasteiger partial charge is 0.446 e. The SMILES string of the molecule is C=C(CNNC1=C(c2ccc3c(c2)N(C(=O)OC(C)C)C[C@H](C)N3C(=O)C2CC2)C=CCCC1)N(C)C1CC1.